The van der Waals surface area contributed by atoms with Crippen molar-refractivity contribution in [2.45, 2.75) is 18.8 Å². The summed E-state index contributed by atoms with van der Waals surface area (Å²) in [4.78, 5) is 30.2. The number of aliphatic carboxylic acids is 1. The fourth-order valence-corrected chi connectivity index (χ4v) is 5.20. The van der Waals surface area contributed by atoms with Crippen LogP contribution >= 0.6 is 35.2 Å². The molecule has 182 valence electrons. The quantitative estimate of drug-likeness (QED) is 0.385. The van der Waals surface area contributed by atoms with Crippen molar-refractivity contribution in [1.29, 1.82) is 0 Å². The smallest absolute Gasteiger partial charge is 0.322 e. The van der Waals surface area contributed by atoms with Crippen LogP contribution in [0.2, 0.25) is 5.02 Å². The Morgan fingerprint density at radius 1 is 1.20 bits per heavy atom. The molecule has 2 heterocycles. The number of halogens is 2. The third kappa shape index (κ3) is 6.33. The highest BCUT2D eigenvalue weighted by atomic mass is 35.5. The van der Waals surface area contributed by atoms with Gasteiger partial charge in [-0.15, -0.1) is 11.3 Å². The molecule has 0 atom stereocenters. The van der Waals surface area contributed by atoms with E-state index >= 15 is 0 Å². The number of amides is 1. The first-order valence-electron chi connectivity index (χ1n) is 10.9. The van der Waals surface area contributed by atoms with Gasteiger partial charge in [0, 0.05) is 40.7 Å². The highest BCUT2D eigenvalue weighted by Crippen LogP contribution is 2.32. The molecule has 3 aromatic rings. The minimum absolute atomic E-state index is 0.190. The molecule has 0 unspecified atom stereocenters. The number of aromatic nitrogens is 1. The van der Waals surface area contributed by atoms with Crippen LogP contribution in [0.25, 0.3) is 11.1 Å². The fourth-order valence-electron chi connectivity index (χ4n) is 3.85. The monoisotopic (exact) mass is 532 g/mol. The van der Waals surface area contributed by atoms with Gasteiger partial charge in [0.1, 0.15) is 18.1 Å². The Kier molecular flexibility index (Phi) is 7.94. The first kappa shape index (κ1) is 25.0. The molecule has 7 nitrogen and oxygen atoms in total. The largest absolute Gasteiger partial charge is 0.480 e. The normalized spacial score (nSPS) is 13.9. The number of nitrogens with one attached hydrogen (secondary N) is 2. The molecule has 1 saturated heterocycles. The van der Waals surface area contributed by atoms with Crippen LogP contribution in [0.15, 0.2) is 47.8 Å². The molecule has 0 aliphatic carbocycles. The number of carbonyl (C=O) groups is 2. The SMILES string of the molecule is O=C(O)CNC(=S)N1CCC(c2nc(C(=O)Nc3ccc(F)cc3-c3ccc(Cl)cc3)cs2)CC1. The highest BCUT2D eigenvalue weighted by molar-refractivity contribution is 7.80. The van der Waals surface area contributed by atoms with E-state index in [4.69, 9.17) is 28.9 Å². The second-order valence-corrected chi connectivity index (χ2v) is 9.75. The van der Waals surface area contributed by atoms with Crippen LogP contribution in [0, 0.1) is 5.82 Å². The molecule has 1 amide bonds. The average molecular weight is 533 g/mol. The lowest BCUT2D eigenvalue weighted by Crippen LogP contribution is -2.45. The van der Waals surface area contributed by atoms with Gasteiger partial charge in [-0.25, -0.2) is 9.37 Å². The maximum atomic E-state index is 13.9. The summed E-state index contributed by atoms with van der Waals surface area (Å²) in [6.45, 7) is 1.14. The molecule has 0 spiro atoms. The molecule has 1 aromatic heterocycles. The van der Waals surface area contributed by atoms with E-state index in [1.54, 1.807) is 29.6 Å². The fraction of sp³-hybridized carbons (Fsp3) is 0.250. The molecule has 4 rings (SSSR count). The van der Waals surface area contributed by atoms with Crippen molar-refractivity contribution >= 4 is 57.8 Å². The molecule has 3 N–H and O–H groups in total. The molecule has 35 heavy (non-hydrogen) atoms. The summed E-state index contributed by atoms with van der Waals surface area (Å²) in [5, 5.41) is 18.0. The van der Waals surface area contributed by atoms with Crippen LogP contribution < -0.4 is 10.6 Å². The van der Waals surface area contributed by atoms with Crippen LogP contribution in [0.4, 0.5) is 10.1 Å². The zero-order chi connectivity index (χ0) is 24.9. The summed E-state index contributed by atoms with van der Waals surface area (Å²) in [5.41, 5.74) is 2.05. The number of carboxylic acid groups (broad SMARTS) is 1. The lowest BCUT2D eigenvalue weighted by atomic mass is 9.98. The lowest BCUT2D eigenvalue weighted by molar-refractivity contribution is -0.135. The van der Waals surface area contributed by atoms with Gasteiger partial charge in [-0.2, -0.15) is 0 Å². The summed E-state index contributed by atoms with van der Waals surface area (Å²) >= 11 is 12.7. The molecule has 2 aromatic carbocycles. The topological polar surface area (TPSA) is 94.6 Å². The molecular weight excluding hydrogens is 511 g/mol. The van der Waals surface area contributed by atoms with Crippen molar-refractivity contribution < 1.29 is 19.1 Å². The molecule has 0 radical (unpaired) electrons. The number of hydrogen-bond donors (Lipinski definition) is 3. The van der Waals surface area contributed by atoms with Gasteiger partial charge in [-0.3, -0.25) is 9.59 Å². The summed E-state index contributed by atoms with van der Waals surface area (Å²) in [6, 6.07) is 11.1. The number of piperidine rings is 1. The first-order chi connectivity index (χ1) is 16.8. The predicted molar refractivity (Wildman–Crippen MR) is 139 cm³/mol. The van der Waals surface area contributed by atoms with E-state index < -0.39 is 11.8 Å². The van der Waals surface area contributed by atoms with E-state index in [1.807, 2.05) is 4.90 Å². The Hall–Kier alpha value is -3.08. The molecule has 1 aliphatic heterocycles. The maximum absolute atomic E-state index is 13.9. The van der Waals surface area contributed by atoms with E-state index in [1.165, 1.54) is 29.5 Å². The van der Waals surface area contributed by atoms with Crippen molar-refractivity contribution in [2.75, 3.05) is 25.0 Å². The summed E-state index contributed by atoms with van der Waals surface area (Å²) < 4.78 is 13.9. The maximum Gasteiger partial charge on any atom is 0.322 e. The van der Waals surface area contributed by atoms with E-state index in [0.717, 1.165) is 23.4 Å². The third-order valence-corrected chi connectivity index (χ3v) is 7.32. The number of anilines is 1. The molecule has 1 fully saturated rings. The Labute approximate surface area is 215 Å². The van der Waals surface area contributed by atoms with Crippen LogP contribution in [0.1, 0.15) is 34.3 Å². The van der Waals surface area contributed by atoms with Crippen LogP contribution in [-0.2, 0) is 4.79 Å². The number of rotatable bonds is 6. The van der Waals surface area contributed by atoms with Crippen molar-refractivity contribution in [1.82, 2.24) is 15.2 Å². The minimum Gasteiger partial charge on any atom is -0.480 e. The van der Waals surface area contributed by atoms with Gasteiger partial charge in [-0.05, 0) is 61.0 Å². The number of carbonyl (C=O) groups excluding carboxylic acids is 1. The van der Waals surface area contributed by atoms with E-state index in [9.17, 15) is 14.0 Å². The van der Waals surface area contributed by atoms with Gasteiger partial charge < -0.3 is 20.6 Å². The average Bonchev–Trinajstić information content (AvgIpc) is 3.35. The zero-order valence-electron chi connectivity index (χ0n) is 18.5. The number of carboxylic acids is 1. The van der Waals surface area contributed by atoms with Crippen LogP contribution in [0.3, 0.4) is 0 Å². The number of thiazole rings is 1. The van der Waals surface area contributed by atoms with E-state index in [-0.39, 0.29) is 18.4 Å². The van der Waals surface area contributed by atoms with Gasteiger partial charge in [0.25, 0.3) is 5.91 Å². The minimum atomic E-state index is -0.961. The Morgan fingerprint density at radius 3 is 2.60 bits per heavy atom. The van der Waals surface area contributed by atoms with E-state index in [2.05, 4.69) is 15.6 Å². The predicted octanol–water partition coefficient (Wildman–Crippen LogP) is 4.99. The number of likely N-dealkylation sites (tertiary alicyclic amines) is 1. The van der Waals surface area contributed by atoms with Crippen LogP contribution in [0.5, 0.6) is 0 Å². The molecule has 0 bridgehead atoms. The molecular formula is C24H22ClFN4O3S2. The number of thiocarbonyl (C=S) groups is 1. The lowest BCUT2D eigenvalue weighted by Gasteiger charge is -2.32. The third-order valence-electron chi connectivity index (χ3n) is 5.66. The Balaban J connectivity index is 1.40. The first-order valence-corrected chi connectivity index (χ1v) is 12.5. The number of hydrogen-bond acceptors (Lipinski definition) is 5. The second kappa shape index (κ2) is 11.1. The van der Waals surface area contributed by atoms with Gasteiger partial charge in [0.05, 0.1) is 5.01 Å². The summed E-state index contributed by atoms with van der Waals surface area (Å²) in [5.74, 6) is -1.55. The van der Waals surface area contributed by atoms with Crippen molar-refractivity contribution in [2.24, 2.45) is 0 Å². The molecule has 0 saturated carbocycles. The highest BCUT2D eigenvalue weighted by Gasteiger charge is 2.25. The zero-order valence-corrected chi connectivity index (χ0v) is 20.9. The van der Waals surface area contributed by atoms with Gasteiger partial charge in [0.2, 0.25) is 0 Å². The molecule has 1 aliphatic rings. The second-order valence-electron chi connectivity index (χ2n) is 8.04. The van der Waals surface area contributed by atoms with Crippen LogP contribution in [-0.4, -0.2) is 51.6 Å². The Bertz CT molecular complexity index is 1240. The Morgan fingerprint density at radius 2 is 1.91 bits per heavy atom. The van der Waals surface area contributed by atoms with Crippen molar-refractivity contribution in [3.63, 3.8) is 0 Å². The summed E-state index contributed by atoms with van der Waals surface area (Å²) in [6.07, 6.45) is 1.59. The van der Waals surface area contributed by atoms with Crippen molar-refractivity contribution in [3.8, 4) is 11.1 Å². The van der Waals surface area contributed by atoms with Gasteiger partial charge in [-0.1, -0.05) is 23.7 Å². The summed E-state index contributed by atoms with van der Waals surface area (Å²) in [7, 11) is 0. The molecule has 11 heteroatoms. The number of benzene rings is 2. The van der Waals surface area contributed by atoms with Crippen molar-refractivity contribution in [3.05, 3.63) is 69.4 Å². The standard InChI is InChI=1S/C24H22ClFN4O3S2/c25-16-3-1-14(2-4-16)18-11-17(26)5-6-19(18)28-22(33)20-13-35-23(29-20)15-7-9-30(10-8-15)24(34)27-12-21(31)32/h1-6,11,13,15H,7-10,12H2,(H,27,34)(H,28,33)(H,31,32). The number of nitrogens with zero attached hydrogens (tertiary/aromatic N) is 2. The van der Waals surface area contributed by atoms with Gasteiger partial charge in [0.15, 0.2) is 5.11 Å². The van der Waals surface area contributed by atoms with E-state index in [0.29, 0.717) is 40.2 Å². The van der Waals surface area contributed by atoms with Gasteiger partial charge >= 0.3 is 5.97 Å².